The number of nitrogens with zero attached hydrogens (tertiary/aromatic N) is 1. The number of amides is 1. The van der Waals surface area contributed by atoms with E-state index >= 15 is 0 Å². The monoisotopic (exact) mass is 292 g/mol. The van der Waals surface area contributed by atoms with Crippen molar-refractivity contribution < 1.29 is 9.53 Å². The van der Waals surface area contributed by atoms with Gasteiger partial charge in [0.1, 0.15) is 7.81 Å². The molecule has 1 amide bonds. The summed E-state index contributed by atoms with van der Waals surface area (Å²) < 4.78 is 12.9. The normalized spacial score (nSPS) is 20.1. The molecular formula is C15H22BNO2S. The maximum atomic E-state index is 11.8. The van der Waals surface area contributed by atoms with Crippen molar-refractivity contribution in [3.63, 3.8) is 0 Å². The molecule has 0 aliphatic carbocycles. The summed E-state index contributed by atoms with van der Waals surface area (Å²) in [5.41, 5.74) is 0. The molecule has 1 aromatic rings. The molecule has 0 bridgehead atoms. The third kappa shape index (κ3) is 3.73. The maximum Gasteiger partial charge on any atom is 0.226 e. The Morgan fingerprint density at radius 1 is 1.65 bits per heavy atom. The van der Waals surface area contributed by atoms with Gasteiger partial charge in [-0.05, 0) is 32.0 Å². The highest BCUT2D eigenvalue weighted by molar-refractivity contribution is 7.12. The average Bonchev–Trinajstić information content (AvgIpc) is 3.05. The average molecular weight is 292 g/mol. The van der Waals surface area contributed by atoms with E-state index in [-0.39, 0.29) is 19.8 Å². The van der Waals surface area contributed by atoms with Crippen molar-refractivity contribution in [3.8, 4) is 0 Å². The van der Waals surface area contributed by atoms with Gasteiger partial charge in [-0.1, -0.05) is 13.8 Å². The van der Waals surface area contributed by atoms with E-state index in [9.17, 15) is 4.79 Å². The lowest BCUT2D eigenvalue weighted by molar-refractivity contribution is -0.127. The summed E-state index contributed by atoms with van der Waals surface area (Å²) in [4.78, 5) is 16.1. The number of hydrogen-bond donors (Lipinski definition) is 0. The molecule has 0 saturated carbocycles. The highest BCUT2D eigenvalue weighted by atomic mass is 32.1. The summed E-state index contributed by atoms with van der Waals surface area (Å²) in [5.74, 6) is 2.39. The maximum absolute atomic E-state index is 11.8. The van der Waals surface area contributed by atoms with E-state index in [0.29, 0.717) is 25.6 Å². The highest BCUT2D eigenvalue weighted by Gasteiger charge is 2.29. The van der Waals surface area contributed by atoms with Gasteiger partial charge in [0.2, 0.25) is 5.91 Å². The molecule has 1 aliphatic rings. The Morgan fingerprint density at radius 3 is 3.20 bits per heavy atom. The lowest BCUT2D eigenvalue weighted by atomic mass is 10.1. The van der Waals surface area contributed by atoms with Crippen LogP contribution in [0.3, 0.4) is 0 Å². The third-order valence-electron chi connectivity index (χ3n) is 3.44. The van der Waals surface area contributed by atoms with Crippen molar-refractivity contribution in [3.05, 3.63) is 34.1 Å². The minimum absolute atomic E-state index is 0.116. The molecule has 5 heteroatoms. The summed E-state index contributed by atoms with van der Waals surface area (Å²) in [7, 11) is 0.199. The number of rotatable bonds is 7. The second-order valence-electron chi connectivity index (χ2n) is 5.35. The largest absolute Gasteiger partial charge is 0.374 e. The van der Waals surface area contributed by atoms with Crippen LogP contribution in [0.2, 0.25) is 0 Å². The number of carbonyl (C=O) groups excluding carboxylic acids is 1. The molecule has 2 heterocycles. The zero-order valence-corrected chi connectivity index (χ0v) is 13.0. The quantitative estimate of drug-likeness (QED) is 0.723. The Bertz CT molecular complexity index is 504. The number of hydrogen-bond acceptors (Lipinski definition) is 3. The van der Waals surface area contributed by atoms with E-state index in [4.69, 9.17) is 6.07 Å². The molecule has 1 saturated heterocycles. The van der Waals surface area contributed by atoms with Crippen LogP contribution in [0.5, 0.6) is 0 Å². The minimum atomic E-state index is 0.116. The van der Waals surface area contributed by atoms with Gasteiger partial charge in [0.15, 0.2) is 0 Å². The van der Waals surface area contributed by atoms with E-state index in [1.807, 2.05) is 0 Å². The first-order valence-electron chi connectivity index (χ1n) is 7.76. The van der Waals surface area contributed by atoms with Crippen LogP contribution >= 0.6 is 11.3 Å². The van der Waals surface area contributed by atoms with Gasteiger partial charge < -0.3 is 9.64 Å². The molecule has 3 nitrogen and oxygen atoms in total. The Labute approximate surface area is 127 Å². The van der Waals surface area contributed by atoms with Gasteiger partial charge in [-0.2, -0.15) is 0 Å². The Balaban J connectivity index is 1.81. The van der Waals surface area contributed by atoms with Gasteiger partial charge in [0, 0.05) is 16.2 Å². The number of carbonyl (C=O) groups is 1. The van der Waals surface area contributed by atoms with Crippen molar-refractivity contribution in [2.75, 3.05) is 6.61 Å². The van der Waals surface area contributed by atoms with Crippen LogP contribution in [0.15, 0.2) is 24.3 Å². The van der Waals surface area contributed by atoms with Crippen molar-refractivity contribution in [2.24, 2.45) is 0 Å². The zero-order chi connectivity index (χ0) is 15.2. The summed E-state index contributed by atoms with van der Waals surface area (Å²) in [6.07, 6.45) is 3.15. The standard InChI is InChI=1S/C15H22BNO2S/c1-11(2)14-5-4-13(20-14)10-19-9-12-3-6-15(18)17(12)8-7-16/h4-5,7-8,11-12H,3,6,9-10,16H2,1-2H3/b8-7+/i16D. The predicted molar refractivity (Wildman–Crippen MR) is 85.6 cm³/mol. The van der Waals surface area contributed by atoms with Crippen LogP contribution in [0.1, 0.15) is 42.4 Å². The lowest BCUT2D eigenvalue weighted by Crippen LogP contribution is -2.31. The molecule has 1 unspecified atom stereocenters. The van der Waals surface area contributed by atoms with Crippen LogP contribution in [0.25, 0.3) is 0 Å². The topological polar surface area (TPSA) is 29.5 Å². The van der Waals surface area contributed by atoms with Crippen molar-refractivity contribution >= 4 is 25.1 Å². The van der Waals surface area contributed by atoms with Crippen LogP contribution in [-0.2, 0) is 16.1 Å². The van der Waals surface area contributed by atoms with Gasteiger partial charge in [-0.3, -0.25) is 4.79 Å². The number of ether oxygens (including phenoxy) is 1. The summed E-state index contributed by atoms with van der Waals surface area (Å²) in [6, 6.07) is 4.40. The van der Waals surface area contributed by atoms with E-state index in [1.54, 1.807) is 28.4 Å². The zero-order valence-electron chi connectivity index (χ0n) is 13.2. The first-order valence-corrected chi connectivity index (χ1v) is 7.87. The van der Waals surface area contributed by atoms with E-state index < -0.39 is 0 Å². The molecule has 0 radical (unpaired) electrons. The Morgan fingerprint density at radius 2 is 2.50 bits per heavy atom. The second kappa shape index (κ2) is 7.09. The fourth-order valence-electron chi connectivity index (χ4n) is 2.32. The fraction of sp³-hybridized carbons (Fsp3) is 0.533. The first-order chi connectivity index (χ1) is 10.1. The summed E-state index contributed by atoms with van der Waals surface area (Å²) in [5, 5.41) is 0. The molecule has 0 aromatic carbocycles. The minimum Gasteiger partial charge on any atom is -0.374 e. The van der Waals surface area contributed by atoms with Gasteiger partial charge in [-0.15, -0.1) is 17.3 Å². The predicted octanol–water partition coefficient (Wildman–Crippen LogP) is 2.48. The van der Waals surface area contributed by atoms with E-state index in [1.165, 1.54) is 9.75 Å². The van der Waals surface area contributed by atoms with Crippen LogP contribution in [0, 0.1) is 0 Å². The lowest BCUT2D eigenvalue weighted by Gasteiger charge is -2.20. The second-order valence-corrected chi connectivity index (χ2v) is 6.55. The molecule has 2 rings (SSSR count). The SMILES string of the molecule is [2H]B/C=C/N1C(=O)CCC1COCc1ccc(C(C)C)s1. The van der Waals surface area contributed by atoms with Gasteiger partial charge in [0.05, 0.1) is 19.3 Å². The number of thiophene rings is 1. The van der Waals surface area contributed by atoms with Gasteiger partial charge in [0.25, 0.3) is 0 Å². The number of likely N-dealkylation sites (tertiary alicyclic amines) is 1. The third-order valence-corrected chi connectivity index (χ3v) is 4.80. The van der Waals surface area contributed by atoms with Crippen molar-refractivity contribution in [2.45, 2.75) is 45.3 Å². The highest BCUT2D eigenvalue weighted by Crippen LogP contribution is 2.25. The van der Waals surface area contributed by atoms with E-state index in [0.717, 1.165) is 6.42 Å². The molecule has 108 valence electrons. The smallest absolute Gasteiger partial charge is 0.226 e. The molecule has 1 aromatic heterocycles. The molecule has 1 aliphatic heterocycles. The molecular weight excluding hydrogens is 269 g/mol. The van der Waals surface area contributed by atoms with Crippen LogP contribution in [0.4, 0.5) is 0 Å². The van der Waals surface area contributed by atoms with Crippen LogP contribution < -0.4 is 0 Å². The van der Waals surface area contributed by atoms with Crippen molar-refractivity contribution in [1.82, 2.24) is 4.90 Å². The van der Waals surface area contributed by atoms with E-state index in [2.05, 4.69) is 26.0 Å². The fourth-order valence-corrected chi connectivity index (χ4v) is 3.27. The van der Waals surface area contributed by atoms with Crippen molar-refractivity contribution in [1.29, 1.82) is 1.34 Å². The molecule has 0 N–H and O–H groups in total. The van der Waals surface area contributed by atoms with Gasteiger partial charge >= 0.3 is 0 Å². The molecule has 20 heavy (non-hydrogen) atoms. The van der Waals surface area contributed by atoms with Gasteiger partial charge in [-0.25, -0.2) is 0 Å². The van der Waals surface area contributed by atoms with Crippen LogP contribution in [-0.4, -0.2) is 32.6 Å². The molecule has 0 spiro atoms. The summed E-state index contributed by atoms with van der Waals surface area (Å²) >= 11 is 1.79. The molecule has 1 atom stereocenters. The first kappa shape index (κ1) is 13.9. The molecule has 1 fully saturated rings. The Kier molecular flexibility index (Phi) is 4.93. The summed E-state index contributed by atoms with van der Waals surface area (Å²) in [6.45, 7) is 5.55. The Hall–Kier alpha value is -1.07.